The summed E-state index contributed by atoms with van der Waals surface area (Å²) in [5.74, 6) is -3.61. The highest BCUT2D eigenvalue weighted by Crippen LogP contribution is 2.25. The van der Waals surface area contributed by atoms with Gasteiger partial charge in [0, 0.05) is 24.2 Å². The Kier molecular flexibility index (Phi) is 6.90. The van der Waals surface area contributed by atoms with E-state index >= 15 is 0 Å². The van der Waals surface area contributed by atoms with Crippen molar-refractivity contribution in [1.29, 1.82) is 0 Å². The van der Waals surface area contributed by atoms with E-state index in [0.29, 0.717) is 17.8 Å². The Balaban J connectivity index is 0.00000264. The quantitative estimate of drug-likeness (QED) is 0.764. The minimum atomic E-state index is -2.86. The monoisotopic (exact) mass is 347 g/mol. The normalized spacial score (nSPS) is 18.8. The van der Waals surface area contributed by atoms with E-state index in [1.807, 2.05) is 6.92 Å². The Morgan fingerprint density at radius 3 is 2.74 bits per heavy atom. The highest BCUT2D eigenvalue weighted by Gasteiger charge is 2.42. The third kappa shape index (κ3) is 5.44. The second-order valence-electron chi connectivity index (χ2n) is 5.32. The highest BCUT2D eigenvalue weighted by molar-refractivity contribution is 5.98. The van der Waals surface area contributed by atoms with Gasteiger partial charge in [-0.05, 0) is 24.6 Å². The number of carbonyl (C=O) groups excluding carboxylic acids is 2. The van der Waals surface area contributed by atoms with Crippen LogP contribution in [0, 0.1) is 0 Å². The van der Waals surface area contributed by atoms with Crippen molar-refractivity contribution in [2.75, 3.05) is 18.4 Å². The number of amides is 2. The summed E-state index contributed by atoms with van der Waals surface area (Å²) in [5, 5.41) is 7.78. The predicted octanol–water partition coefficient (Wildman–Crippen LogP) is 2.18. The lowest BCUT2D eigenvalue weighted by atomic mass is 10.1. The molecule has 2 amide bonds. The highest BCUT2D eigenvalue weighted by atomic mass is 35.5. The second kappa shape index (κ2) is 8.21. The Bertz CT molecular complexity index is 569. The van der Waals surface area contributed by atoms with Gasteiger partial charge < -0.3 is 10.6 Å². The van der Waals surface area contributed by atoms with Gasteiger partial charge in [-0.1, -0.05) is 13.0 Å². The fraction of sp³-hybridized carbons (Fsp3) is 0.467. The zero-order valence-electron chi connectivity index (χ0n) is 12.7. The molecule has 1 atom stereocenters. The number of nitrogens with one attached hydrogen (secondary N) is 3. The van der Waals surface area contributed by atoms with Crippen molar-refractivity contribution >= 4 is 29.9 Å². The summed E-state index contributed by atoms with van der Waals surface area (Å²) >= 11 is 0. The topological polar surface area (TPSA) is 70.2 Å². The largest absolute Gasteiger partial charge is 0.352 e. The number of benzene rings is 1. The van der Waals surface area contributed by atoms with E-state index in [-0.39, 0.29) is 18.3 Å². The van der Waals surface area contributed by atoms with E-state index in [1.165, 1.54) is 6.07 Å². The SMILES string of the molecule is CCCNC(=O)c1cccc(NC(=O)C2CC(F)(F)CN2)c1.Cl. The van der Waals surface area contributed by atoms with Crippen LogP contribution in [0.5, 0.6) is 0 Å². The average Bonchev–Trinajstić information content (AvgIpc) is 2.85. The van der Waals surface area contributed by atoms with Crippen molar-refractivity contribution in [2.24, 2.45) is 0 Å². The Morgan fingerprint density at radius 1 is 1.39 bits per heavy atom. The van der Waals surface area contributed by atoms with Gasteiger partial charge in [0.05, 0.1) is 12.6 Å². The molecule has 1 aromatic carbocycles. The molecule has 8 heteroatoms. The van der Waals surface area contributed by atoms with Crippen LogP contribution in [-0.2, 0) is 4.79 Å². The van der Waals surface area contributed by atoms with Crippen molar-refractivity contribution in [3.8, 4) is 0 Å². The van der Waals surface area contributed by atoms with Gasteiger partial charge in [-0.15, -0.1) is 12.4 Å². The summed E-state index contributed by atoms with van der Waals surface area (Å²) < 4.78 is 26.2. The Labute approximate surface area is 139 Å². The molecule has 1 aliphatic rings. The first-order chi connectivity index (χ1) is 10.4. The maximum atomic E-state index is 13.1. The minimum Gasteiger partial charge on any atom is -0.352 e. The molecule has 1 aliphatic heterocycles. The first kappa shape index (κ1) is 19.3. The Morgan fingerprint density at radius 2 is 2.13 bits per heavy atom. The zero-order valence-corrected chi connectivity index (χ0v) is 13.5. The Hall–Kier alpha value is -1.73. The lowest BCUT2D eigenvalue weighted by Gasteiger charge is -2.12. The molecule has 128 valence electrons. The molecule has 2 rings (SSSR count). The average molecular weight is 348 g/mol. The molecule has 0 aliphatic carbocycles. The summed E-state index contributed by atoms with van der Waals surface area (Å²) in [6.07, 6.45) is 0.305. The van der Waals surface area contributed by atoms with Gasteiger partial charge >= 0.3 is 0 Å². The summed E-state index contributed by atoms with van der Waals surface area (Å²) in [4.78, 5) is 23.8. The minimum absolute atomic E-state index is 0. The van der Waals surface area contributed by atoms with E-state index in [4.69, 9.17) is 0 Å². The standard InChI is InChI=1S/C15H19F2N3O2.ClH/c1-2-6-18-13(21)10-4-3-5-11(7-10)20-14(22)12-8-15(16,17)9-19-12;/h3-5,7,12,19H,2,6,8-9H2,1H3,(H,18,21)(H,20,22);1H. The number of hydrogen-bond donors (Lipinski definition) is 3. The molecule has 1 saturated heterocycles. The van der Waals surface area contributed by atoms with E-state index in [9.17, 15) is 18.4 Å². The molecule has 0 saturated carbocycles. The first-order valence-electron chi connectivity index (χ1n) is 7.21. The molecule has 0 aromatic heterocycles. The third-order valence-corrected chi connectivity index (χ3v) is 3.35. The number of halogens is 3. The zero-order chi connectivity index (χ0) is 16.2. The molecular formula is C15H20ClF2N3O2. The van der Waals surface area contributed by atoms with E-state index in [2.05, 4.69) is 16.0 Å². The molecular weight excluding hydrogens is 328 g/mol. The summed E-state index contributed by atoms with van der Waals surface area (Å²) in [5.41, 5.74) is 0.821. The molecule has 1 aromatic rings. The van der Waals surface area contributed by atoms with Crippen LogP contribution in [-0.4, -0.2) is 36.9 Å². The molecule has 1 heterocycles. The van der Waals surface area contributed by atoms with Crippen molar-refractivity contribution in [3.05, 3.63) is 29.8 Å². The fourth-order valence-electron chi connectivity index (χ4n) is 2.21. The third-order valence-electron chi connectivity index (χ3n) is 3.35. The van der Waals surface area contributed by atoms with Gasteiger partial charge in [-0.25, -0.2) is 8.78 Å². The molecule has 23 heavy (non-hydrogen) atoms. The van der Waals surface area contributed by atoms with Gasteiger partial charge in [-0.2, -0.15) is 0 Å². The van der Waals surface area contributed by atoms with Crippen LogP contribution >= 0.6 is 12.4 Å². The van der Waals surface area contributed by atoms with Crippen molar-refractivity contribution < 1.29 is 18.4 Å². The van der Waals surface area contributed by atoms with Crippen LogP contribution in [0.25, 0.3) is 0 Å². The van der Waals surface area contributed by atoms with Crippen LogP contribution in [0.4, 0.5) is 14.5 Å². The van der Waals surface area contributed by atoms with Crippen LogP contribution in [0.3, 0.4) is 0 Å². The summed E-state index contributed by atoms with van der Waals surface area (Å²) in [6, 6.07) is 5.47. The van der Waals surface area contributed by atoms with Crippen LogP contribution in [0.15, 0.2) is 24.3 Å². The molecule has 0 radical (unpaired) electrons. The molecule has 0 bridgehead atoms. The van der Waals surface area contributed by atoms with Gasteiger partial charge in [0.15, 0.2) is 0 Å². The molecule has 1 fully saturated rings. The van der Waals surface area contributed by atoms with Crippen molar-refractivity contribution in [1.82, 2.24) is 10.6 Å². The second-order valence-corrected chi connectivity index (χ2v) is 5.32. The molecule has 1 unspecified atom stereocenters. The summed E-state index contributed by atoms with van der Waals surface area (Å²) in [7, 11) is 0. The van der Waals surface area contributed by atoms with Crippen LogP contribution in [0.1, 0.15) is 30.1 Å². The number of alkyl halides is 2. The maximum absolute atomic E-state index is 13.1. The number of hydrogen-bond acceptors (Lipinski definition) is 3. The first-order valence-corrected chi connectivity index (χ1v) is 7.21. The maximum Gasteiger partial charge on any atom is 0.262 e. The number of anilines is 1. The van der Waals surface area contributed by atoms with E-state index in [1.54, 1.807) is 18.2 Å². The predicted molar refractivity (Wildman–Crippen MR) is 86.3 cm³/mol. The van der Waals surface area contributed by atoms with Gasteiger partial charge in [0.1, 0.15) is 0 Å². The van der Waals surface area contributed by atoms with Crippen LogP contribution < -0.4 is 16.0 Å². The number of carbonyl (C=O) groups is 2. The lowest BCUT2D eigenvalue weighted by molar-refractivity contribution is -0.118. The van der Waals surface area contributed by atoms with Crippen molar-refractivity contribution in [3.63, 3.8) is 0 Å². The van der Waals surface area contributed by atoms with Crippen LogP contribution in [0.2, 0.25) is 0 Å². The molecule has 0 spiro atoms. The lowest BCUT2D eigenvalue weighted by Crippen LogP contribution is -2.35. The molecule has 5 nitrogen and oxygen atoms in total. The summed E-state index contributed by atoms with van der Waals surface area (Å²) in [6.45, 7) is 2.02. The molecule has 3 N–H and O–H groups in total. The van der Waals surface area contributed by atoms with Crippen molar-refractivity contribution in [2.45, 2.75) is 31.7 Å². The van der Waals surface area contributed by atoms with E-state index in [0.717, 1.165) is 6.42 Å². The van der Waals surface area contributed by atoms with Gasteiger partial charge in [0.2, 0.25) is 5.91 Å². The fourth-order valence-corrected chi connectivity index (χ4v) is 2.21. The van der Waals surface area contributed by atoms with Gasteiger partial charge in [-0.3, -0.25) is 14.9 Å². The van der Waals surface area contributed by atoms with E-state index < -0.39 is 30.8 Å². The number of rotatable bonds is 5. The van der Waals surface area contributed by atoms with Gasteiger partial charge in [0.25, 0.3) is 11.8 Å². The smallest absolute Gasteiger partial charge is 0.262 e.